The van der Waals surface area contributed by atoms with Crippen LogP contribution in [0.3, 0.4) is 0 Å². The van der Waals surface area contributed by atoms with Crippen LogP contribution in [0.2, 0.25) is 0 Å². The quantitative estimate of drug-likeness (QED) is 0.837. The number of aliphatic hydroxyl groups excluding tert-OH is 1. The molecule has 2 aliphatic rings. The van der Waals surface area contributed by atoms with E-state index in [1.54, 1.807) is 13.8 Å². The molecule has 4 rings (SSSR count). The number of hydrogen-bond donors (Lipinski definition) is 2. The van der Waals surface area contributed by atoms with Gasteiger partial charge in [-0.1, -0.05) is 30.3 Å². The fraction of sp³-hybridized carbons (Fsp3) is 0.476. The van der Waals surface area contributed by atoms with E-state index in [-0.39, 0.29) is 12.5 Å². The number of amides is 1. The van der Waals surface area contributed by atoms with Gasteiger partial charge in [-0.2, -0.15) is 0 Å². The molecule has 2 N–H and O–H groups in total. The van der Waals surface area contributed by atoms with E-state index in [0.717, 1.165) is 10.8 Å². The molecule has 0 bridgehead atoms. The summed E-state index contributed by atoms with van der Waals surface area (Å²) in [4.78, 5) is 11.7. The predicted octanol–water partition coefficient (Wildman–Crippen LogP) is 1.96. The van der Waals surface area contributed by atoms with E-state index in [2.05, 4.69) is 5.32 Å². The lowest BCUT2D eigenvalue weighted by molar-refractivity contribution is -0.361. The van der Waals surface area contributed by atoms with Crippen LogP contribution in [0, 0.1) is 0 Å². The van der Waals surface area contributed by atoms with Gasteiger partial charge in [-0.25, -0.2) is 0 Å². The normalized spacial score (nSPS) is 31.8. The Morgan fingerprint density at radius 2 is 1.96 bits per heavy atom. The molecule has 2 aromatic rings. The Hall–Kier alpha value is -2.19. The zero-order chi connectivity index (χ0) is 19.9. The maximum atomic E-state index is 11.7. The molecule has 7 nitrogen and oxygen atoms in total. The molecule has 2 fully saturated rings. The average molecular weight is 387 g/mol. The number of ether oxygens (including phenoxy) is 4. The number of hydrogen-bond acceptors (Lipinski definition) is 6. The minimum atomic E-state index is -1.00. The molecule has 0 radical (unpaired) electrons. The molecule has 7 heteroatoms. The Bertz CT molecular complexity index is 869. The molecule has 5 atom stereocenters. The van der Waals surface area contributed by atoms with Gasteiger partial charge in [0, 0.05) is 6.92 Å². The maximum absolute atomic E-state index is 11.7. The molecule has 0 saturated carbocycles. The van der Waals surface area contributed by atoms with Crippen LogP contribution in [0.5, 0.6) is 5.75 Å². The van der Waals surface area contributed by atoms with Crippen LogP contribution in [0.15, 0.2) is 42.5 Å². The zero-order valence-electron chi connectivity index (χ0n) is 16.1. The summed E-state index contributed by atoms with van der Waals surface area (Å²) in [5.74, 6) is -0.537. The summed E-state index contributed by atoms with van der Waals surface area (Å²) in [5, 5.41) is 15.8. The topological polar surface area (TPSA) is 86.3 Å². The van der Waals surface area contributed by atoms with Crippen LogP contribution in [0.25, 0.3) is 10.8 Å². The third-order valence-corrected chi connectivity index (χ3v) is 5.03. The van der Waals surface area contributed by atoms with Gasteiger partial charge < -0.3 is 29.4 Å². The first-order valence-corrected chi connectivity index (χ1v) is 9.40. The number of nitrogens with one attached hydrogen (secondary N) is 1. The van der Waals surface area contributed by atoms with Crippen LogP contribution in [-0.2, 0) is 19.0 Å². The fourth-order valence-electron chi connectivity index (χ4n) is 3.71. The highest BCUT2D eigenvalue weighted by Gasteiger charge is 2.52. The van der Waals surface area contributed by atoms with E-state index in [0.29, 0.717) is 5.75 Å². The molecule has 28 heavy (non-hydrogen) atoms. The number of fused-ring (bicyclic) bond motifs is 2. The smallest absolute Gasteiger partial charge is 0.223 e. The van der Waals surface area contributed by atoms with Crippen molar-refractivity contribution in [2.45, 2.75) is 57.2 Å². The van der Waals surface area contributed by atoms with Crippen molar-refractivity contribution >= 4 is 16.7 Å². The zero-order valence-corrected chi connectivity index (χ0v) is 16.1. The van der Waals surface area contributed by atoms with Gasteiger partial charge in [0.05, 0.1) is 6.61 Å². The van der Waals surface area contributed by atoms with Crippen molar-refractivity contribution in [1.29, 1.82) is 0 Å². The Morgan fingerprint density at radius 1 is 1.21 bits per heavy atom. The molecular weight excluding hydrogens is 362 g/mol. The third-order valence-electron chi connectivity index (χ3n) is 5.03. The molecule has 2 saturated heterocycles. The van der Waals surface area contributed by atoms with E-state index >= 15 is 0 Å². The number of carbonyl (C=O) groups excluding carboxylic acids is 1. The molecule has 2 aromatic carbocycles. The first kappa shape index (κ1) is 19.1. The summed E-state index contributed by atoms with van der Waals surface area (Å²) < 4.78 is 23.6. The van der Waals surface area contributed by atoms with E-state index in [4.69, 9.17) is 18.9 Å². The van der Waals surface area contributed by atoms with Crippen molar-refractivity contribution in [1.82, 2.24) is 5.32 Å². The van der Waals surface area contributed by atoms with Gasteiger partial charge in [0.25, 0.3) is 0 Å². The first-order valence-electron chi connectivity index (χ1n) is 9.40. The van der Waals surface area contributed by atoms with Crippen LogP contribution in [0.1, 0.15) is 20.8 Å². The van der Waals surface area contributed by atoms with Crippen molar-refractivity contribution in [2.24, 2.45) is 0 Å². The van der Waals surface area contributed by atoms with Crippen LogP contribution in [0.4, 0.5) is 0 Å². The summed E-state index contributed by atoms with van der Waals surface area (Å²) in [6.07, 6.45) is -3.01. The highest BCUT2D eigenvalue weighted by molar-refractivity contribution is 5.83. The van der Waals surface area contributed by atoms with E-state index < -0.39 is 36.4 Å². The number of rotatable bonds is 3. The average Bonchev–Trinajstić information content (AvgIpc) is 2.65. The van der Waals surface area contributed by atoms with Gasteiger partial charge in [-0.05, 0) is 36.8 Å². The van der Waals surface area contributed by atoms with Gasteiger partial charge in [-0.15, -0.1) is 0 Å². The lowest BCUT2D eigenvalue weighted by Crippen LogP contribution is -2.69. The van der Waals surface area contributed by atoms with Gasteiger partial charge >= 0.3 is 0 Å². The maximum Gasteiger partial charge on any atom is 0.223 e. The van der Waals surface area contributed by atoms with E-state index in [9.17, 15) is 9.90 Å². The monoisotopic (exact) mass is 387 g/mol. The molecule has 0 aromatic heterocycles. The standard InChI is InChI=1S/C21H25NO6/c1-12(23)22-17-18(24)19-16(11-25-21(2,3)28-19)27-20(17)26-15-9-8-13-6-4-5-7-14(13)10-15/h4-10,16-20,24H,11H2,1-3H3,(H,22,23)/t16-,17-,18-,19+,20+/m1/s1. The second kappa shape index (κ2) is 7.33. The van der Waals surface area contributed by atoms with Crippen molar-refractivity contribution in [3.63, 3.8) is 0 Å². The second-order valence-corrected chi connectivity index (χ2v) is 7.68. The first-order chi connectivity index (χ1) is 13.3. The summed E-state index contributed by atoms with van der Waals surface area (Å²) in [7, 11) is 0. The molecule has 0 unspecified atom stereocenters. The lowest BCUT2D eigenvalue weighted by Gasteiger charge is -2.49. The third kappa shape index (κ3) is 3.84. The predicted molar refractivity (Wildman–Crippen MR) is 102 cm³/mol. The number of benzene rings is 2. The molecule has 0 spiro atoms. The number of carbonyl (C=O) groups is 1. The summed E-state index contributed by atoms with van der Waals surface area (Å²) in [6.45, 7) is 5.21. The minimum Gasteiger partial charge on any atom is -0.463 e. The molecule has 2 heterocycles. The highest BCUT2D eigenvalue weighted by Crippen LogP contribution is 2.33. The van der Waals surface area contributed by atoms with E-state index in [1.165, 1.54) is 6.92 Å². The van der Waals surface area contributed by atoms with Crippen LogP contribution < -0.4 is 10.1 Å². The summed E-state index contributed by atoms with van der Waals surface area (Å²) in [5.41, 5.74) is 0. The van der Waals surface area contributed by atoms with Crippen molar-refractivity contribution in [3.8, 4) is 5.75 Å². The lowest BCUT2D eigenvalue weighted by atomic mass is 9.95. The van der Waals surface area contributed by atoms with Gasteiger partial charge in [-0.3, -0.25) is 4.79 Å². The van der Waals surface area contributed by atoms with Gasteiger partial charge in [0.2, 0.25) is 12.2 Å². The van der Waals surface area contributed by atoms with Crippen LogP contribution >= 0.6 is 0 Å². The van der Waals surface area contributed by atoms with Crippen molar-refractivity contribution < 1.29 is 28.8 Å². The van der Waals surface area contributed by atoms with Crippen molar-refractivity contribution in [2.75, 3.05) is 6.61 Å². The SMILES string of the molecule is CC(=O)N[C@H]1[C@@H](Oc2ccc3ccccc3c2)O[C@@H]2COC(C)(C)O[C@@H]2[C@@H]1O. The van der Waals surface area contributed by atoms with Gasteiger partial charge in [0.15, 0.2) is 5.79 Å². The Balaban J connectivity index is 1.59. The molecule has 150 valence electrons. The number of aliphatic hydroxyl groups is 1. The molecule has 1 amide bonds. The summed E-state index contributed by atoms with van der Waals surface area (Å²) in [6, 6.07) is 12.9. The second-order valence-electron chi connectivity index (χ2n) is 7.68. The van der Waals surface area contributed by atoms with E-state index in [1.807, 2.05) is 42.5 Å². The Morgan fingerprint density at radius 3 is 2.71 bits per heavy atom. The fourth-order valence-corrected chi connectivity index (χ4v) is 3.71. The molecular formula is C21H25NO6. The van der Waals surface area contributed by atoms with Crippen LogP contribution in [-0.4, -0.2) is 54.1 Å². The molecule has 2 aliphatic heterocycles. The Kier molecular flexibility index (Phi) is 5.01. The van der Waals surface area contributed by atoms with Gasteiger partial charge in [0.1, 0.15) is 30.1 Å². The highest BCUT2D eigenvalue weighted by atomic mass is 16.8. The Labute approximate surface area is 163 Å². The molecule has 0 aliphatic carbocycles. The summed E-state index contributed by atoms with van der Waals surface area (Å²) >= 11 is 0. The minimum absolute atomic E-state index is 0.263. The van der Waals surface area contributed by atoms with Crippen molar-refractivity contribution in [3.05, 3.63) is 42.5 Å². The largest absolute Gasteiger partial charge is 0.463 e.